The van der Waals surface area contributed by atoms with Crippen LogP contribution < -0.4 is 10.2 Å². The van der Waals surface area contributed by atoms with Gasteiger partial charge in [-0.2, -0.15) is 10.1 Å². The molecule has 0 radical (unpaired) electrons. The minimum absolute atomic E-state index is 0.433. The number of nitrogens with one attached hydrogen (secondary N) is 1. The smallest absolute Gasteiger partial charge is 0.229 e. The Balaban J connectivity index is 1.27. The van der Waals surface area contributed by atoms with E-state index in [9.17, 15) is 0 Å². The molecule has 3 aliphatic heterocycles. The molecule has 0 spiro atoms. The molecule has 0 unspecified atom stereocenters. The predicted octanol–water partition coefficient (Wildman–Crippen LogP) is 4.76. The number of piperidine rings is 1. The molecule has 174 valence electrons. The monoisotopic (exact) mass is 494 g/mol. The first-order chi connectivity index (χ1) is 16.5. The minimum atomic E-state index is 0.433. The molecule has 3 aliphatic rings. The highest BCUT2D eigenvalue weighted by Gasteiger charge is 2.31. The van der Waals surface area contributed by atoms with E-state index < -0.39 is 0 Å². The van der Waals surface area contributed by atoms with Crippen molar-refractivity contribution in [3.63, 3.8) is 0 Å². The molecule has 0 aliphatic carbocycles. The fraction of sp³-hybridized carbons (Fsp3) is 0.333. The molecule has 1 fully saturated rings. The summed E-state index contributed by atoms with van der Waals surface area (Å²) in [7, 11) is 2.17. The quantitative estimate of drug-likeness (QED) is 0.563. The number of fused-ring (bicyclic) bond motifs is 3. The van der Waals surface area contributed by atoms with Crippen LogP contribution >= 0.6 is 23.2 Å². The van der Waals surface area contributed by atoms with Crippen LogP contribution in [0.15, 0.2) is 41.8 Å². The third kappa shape index (κ3) is 3.96. The van der Waals surface area contributed by atoms with Gasteiger partial charge in [0, 0.05) is 40.7 Å². The molecule has 3 aromatic rings. The number of aromatic nitrogens is 4. The maximum Gasteiger partial charge on any atom is 0.229 e. The maximum absolute atomic E-state index is 6.51. The molecule has 8 nitrogen and oxygen atoms in total. The average Bonchev–Trinajstić information content (AvgIpc) is 3.50. The van der Waals surface area contributed by atoms with E-state index in [2.05, 4.69) is 36.9 Å². The van der Waals surface area contributed by atoms with Crippen LogP contribution in [0, 0.1) is 0 Å². The Hall–Kier alpha value is -2.94. The van der Waals surface area contributed by atoms with E-state index in [0.29, 0.717) is 28.6 Å². The lowest BCUT2D eigenvalue weighted by molar-refractivity contribution is 0.212. The van der Waals surface area contributed by atoms with Crippen molar-refractivity contribution in [2.75, 3.05) is 43.4 Å². The van der Waals surface area contributed by atoms with Crippen LogP contribution in [0.1, 0.15) is 30.0 Å². The largest absolute Gasteiger partial charge is 0.321 e. The Bertz CT molecular complexity index is 1310. The lowest BCUT2D eigenvalue weighted by Gasteiger charge is -2.29. The van der Waals surface area contributed by atoms with Crippen molar-refractivity contribution in [1.82, 2.24) is 24.6 Å². The number of benzene rings is 1. The summed E-state index contributed by atoms with van der Waals surface area (Å²) in [5.41, 5.74) is 3.66. The van der Waals surface area contributed by atoms with Crippen molar-refractivity contribution < 1.29 is 0 Å². The van der Waals surface area contributed by atoms with Crippen molar-refractivity contribution in [2.24, 2.45) is 4.99 Å². The summed E-state index contributed by atoms with van der Waals surface area (Å²) in [5, 5.41) is 9.10. The summed E-state index contributed by atoms with van der Waals surface area (Å²) in [6, 6.07) is 5.96. The number of aliphatic imine (C=N–C) groups is 1. The second-order valence-corrected chi connectivity index (χ2v) is 9.72. The normalized spacial score (nSPS) is 18.4. The summed E-state index contributed by atoms with van der Waals surface area (Å²) in [4.78, 5) is 18.6. The topological polar surface area (TPSA) is 74.5 Å². The summed E-state index contributed by atoms with van der Waals surface area (Å²) in [6.07, 6.45) is 9.98. The van der Waals surface area contributed by atoms with E-state index in [1.807, 2.05) is 36.8 Å². The van der Waals surface area contributed by atoms with E-state index in [4.69, 9.17) is 33.2 Å². The van der Waals surface area contributed by atoms with Gasteiger partial charge in [-0.05, 0) is 51.2 Å². The molecule has 0 amide bonds. The maximum atomic E-state index is 6.51. The fourth-order valence-corrected chi connectivity index (χ4v) is 5.27. The van der Waals surface area contributed by atoms with Gasteiger partial charge >= 0.3 is 0 Å². The first-order valence-corrected chi connectivity index (χ1v) is 12.2. The van der Waals surface area contributed by atoms with Crippen molar-refractivity contribution in [3.8, 4) is 0 Å². The van der Waals surface area contributed by atoms with Crippen molar-refractivity contribution in [1.29, 1.82) is 0 Å². The number of halogens is 2. The Kier molecular flexibility index (Phi) is 5.51. The zero-order valence-corrected chi connectivity index (χ0v) is 20.3. The Morgan fingerprint density at radius 1 is 1.09 bits per heavy atom. The number of rotatable bonds is 4. The summed E-state index contributed by atoms with van der Waals surface area (Å²) in [5.74, 6) is 2.25. The molecule has 10 heteroatoms. The predicted molar refractivity (Wildman–Crippen MR) is 137 cm³/mol. The first-order valence-electron chi connectivity index (χ1n) is 11.4. The van der Waals surface area contributed by atoms with Crippen LogP contribution in [0.4, 0.5) is 17.5 Å². The highest BCUT2D eigenvalue weighted by atomic mass is 35.5. The van der Waals surface area contributed by atoms with Gasteiger partial charge in [-0.15, -0.1) is 0 Å². The van der Waals surface area contributed by atoms with Gasteiger partial charge < -0.3 is 15.1 Å². The lowest BCUT2D eigenvalue weighted by atomic mass is 9.98. The van der Waals surface area contributed by atoms with Gasteiger partial charge in [-0.25, -0.2) is 4.98 Å². The second kappa shape index (κ2) is 8.69. The average molecular weight is 495 g/mol. The van der Waals surface area contributed by atoms with Crippen molar-refractivity contribution >= 4 is 58.1 Å². The van der Waals surface area contributed by atoms with Gasteiger partial charge in [0.1, 0.15) is 11.7 Å². The molecule has 0 bridgehead atoms. The zero-order chi connectivity index (χ0) is 23.2. The van der Waals surface area contributed by atoms with Crippen LogP contribution in [-0.4, -0.2) is 63.7 Å². The van der Waals surface area contributed by atoms with Gasteiger partial charge in [-0.1, -0.05) is 29.3 Å². The second-order valence-electron chi connectivity index (χ2n) is 8.88. The summed E-state index contributed by atoms with van der Waals surface area (Å²) >= 11 is 12.6. The number of hydrogen-bond acceptors (Lipinski definition) is 7. The van der Waals surface area contributed by atoms with Gasteiger partial charge in [0.05, 0.1) is 29.5 Å². The summed E-state index contributed by atoms with van der Waals surface area (Å²) < 4.78 is 2.06. The molecular weight excluding hydrogens is 471 g/mol. The third-order valence-corrected chi connectivity index (χ3v) is 7.12. The SMILES string of the molecule is CN1CCC(n2cc(Nc3ncc4c(n3)N3CCN=C3C(c3ccc(Cl)cc3Cl)=C4)cn2)CC1. The molecule has 2 aromatic heterocycles. The lowest BCUT2D eigenvalue weighted by Crippen LogP contribution is -2.32. The molecule has 1 aromatic carbocycles. The molecule has 5 heterocycles. The van der Waals surface area contributed by atoms with Gasteiger partial charge in [-0.3, -0.25) is 9.67 Å². The van der Waals surface area contributed by atoms with Gasteiger partial charge in [0.25, 0.3) is 0 Å². The summed E-state index contributed by atoms with van der Waals surface area (Å²) in [6.45, 7) is 3.65. The van der Waals surface area contributed by atoms with Crippen molar-refractivity contribution in [2.45, 2.75) is 18.9 Å². The first kappa shape index (κ1) is 21.6. The van der Waals surface area contributed by atoms with E-state index in [0.717, 1.165) is 66.5 Å². The molecule has 0 atom stereocenters. The van der Waals surface area contributed by atoms with E-state index in [-0.39, 0.29) is 0 Å². The number of likely N-dealkylation sites (tertiary alicyclic amines) is 1. The number of hydrogen-bond donors (Lipinski definition) is 1. The van der Waals surface area contributed by atoms with Crippen LogP contribution in [-0.2, 0) is 0 Å². The molecule has 1 saturated heterocycles. The zero-order valence-electron chi connectivity index (χ0n) is 18.7. The minimum Gasteiger partial charge on any atom is -0.321 e. The fourth-order valence-electron chi connectivity index (χ4n) is 4.76. The van der Waals surface area contributed by atoms with Crippen molar-refractivity contribution in [3.05, 3.63) is 58.0 Å². The van der Waals surface area contributed by atoms with Crippen LogP contribution in [0.5, 0.6) is 0 Å². The Morgan fingerprint density at radius 3 is 2.76 bits per heavy atom. The number of anilines is 3. The van der Waals surface area contributed by atoms with Crippen LogP contribution in [0.3, 0.4) is 0 Å². The van der Waals surface area contributed by atoms with Crippen LogP contribution in [0.2, 0.25) is 10.0 Å². The molecule has 6 rings (SSSR count). The van der Waals surface area contributed by atoms with E-state index in [1.165, 1.54) is 0 Å². The third-order valence-electron chi connectivity index (χ3n) is 6.57. The standard InChI is InChI=1S/C24H24Cl2N8/c1-32-7-4-18(5-8-32)34-14-17(13-29-34)30-24-28-12-15-10-20(19-3-2-16(25)11-21(19)26)23-27-6-9-33(23)22(15)31-24/h2-3,10-14,18H,4-9H2,1H3,(H,28,30,31). The Labute approximate surface area is 207 Å². The molecule has 0 saturated carbocycles. The number of nitrogens with zero attached hydrogens (tertiary/aromatic N) is 7. The van der Waals surface area contributed by atoms with E-state index in [1.54, 1.807) is 6.07 Å². The Morgan fingerprint density at radius 2 is 1.94 bits per heavy atom. The molecule has 1 N–H and O–H groups in total. The molecule has 34 heavy (non-hydrogen) atoms. The van der Waals surface area contributed by atoms with Gasteiger partial charge in [0.15, 0.2) is 0 Å². The van der Waals surface area contributed by atoms with Gasteiger partial charge in [0.2, 0.25) is 5.95 Å². The van der Waals surface area contributed by atoms with Crippen LogP contribution in [0.25, 0.3) is 11.6 Å². The highest BCUT2D eigenvalue weighted by molar-refractivity contribution is 6.41. The number of amidine groups is 1. The highest BCUT2D eigenvalue weighted by Crippen LogP contribution is 2.38. The van der Waals surface area contributed by atoms with E-state index >= 15 is 0 Å². The molecular formula is C24H24Cl2N8.